The van der Waals surface area contributed by atoms with Crippen LogP contribution in [0.3, 0.4) is 0 Å². The highest BCUT2D eigenvalue weighted by Crippen LogP contribution is 2.42. The van der Waals surface area contributed by atoms with Gasteiger partial charge in [0.25, 0.3) is 5.91 Å². The molecule has 1 aromatic rings. The average Bonchev–Trinajstić information content (AvgIpc) is 3.07. The topological polar surface area (TPSA) is 50.7 Å². The second-order valence-electron chi connectivity index (χ2n) is 5.36. The second-order valence-corrected chi connectivity index (χ2v) is 5.36. The minimum Gasteiger partial charge on any atom is -0.497 e. The van der Waals surface area contributed by atoms with Gasteiger partial charge in [-0.3, -0.25) is 4.79 Å². The molecule has 2 bridgehead atoms. The number of ether oxygens (including phenoxy) is 1. The molecule has 0 aromatic heterocycles. The summed E-state index contributed by atoms with van der Waals surface area (Å²) in [5, 5.41) is 4.31. The van der Waals surface area contributed by atoms with Crippen LogP contribution in [0.15, 0.2) is 29.4 Å². The Morgan fingerprint density at radius 2 is 2.32 bits per heavy atom. The normalized spacial score (nSPS) is 26.7. The number of hydrogen-bond acceptors (Lipinski definition) is 3. The fourth-order valence-corrected chi connectivity index (χ4v) is 3.11. The van der Waals surface area contributed by atoms with Crippen molar-refractivity contribution in [2.24, 2.45) is 16.9 Å². The van der Waals surface area contributed by atoms with Gasteiger partial charge in [0.1, 0.15) is 5.75 Å². The van der Waals surface area contributed by atoms with Gasteiger partial charge >= 0.3 is 0 Å². The highest BCUT2D eigenvalue weighted by molar-refractivity contribution is 5.96. The van der Waals surface area contributed by atoms with E-state index >= 15 is 0 Å². The minimum absolute atomic E-state index is 0.172. The molecule has 0 unspecified atom stereocenters. The highest BCUT2D eigenvalue weighted by atomic mass is 16.5. The van der Waals surface area contributed by atoms with E-state index in [2.05, 4.69) is 10.5 Å². The third kappa shape index (κ3) is 2.48. The lowest BCUT2D eigenvalue weighted by Gasteiger charge is -2.11. The van der Waals surface area contributed by atoms with Gasteiger partial charge in [0.2, 0.25) is 0 Å². The SMILES string of the molecule is COc1cccc(C(=O)N/N=C2\C[C@@H]3CC[C@H]2C3)c1. The van der Waals surface area contributed by atoms with Crippen LogP contribution in [0.25, 0.3) is 0 Å². The molecule has 100 valence electrons. The summed E-state index contributed by atoms with van der Waals surface area (Å²) in [6.45, 7) is 0. The van der Waals surface area contributed by atoms with Crippen molar-refractivity contribution in [1.82, 2.24) is 5.43 Å². The Hall–Kier alpha value is -1.84. The molecule has 2 aliphatic rings. The van der Waals surface area contributed by atoms with Gasteiger partial charge in [-0.25, -0.2) is 5.43 Å². The van der Waals surface area contributed by atoms with Crippen LogP contribution in [0.1, 0.15) is 36.0 Å². The average molecular weight is 258 g/mol. The highest BCUT2D eigenvalue weighted by Gasteiger charge is 2.36. The van der Waals surface area contributed by atoms with Crippen molar-refractivity contribution in [2.75, 3.05) is 7.11 Å². The molecule has 0 radical (unpaired) electrons. The fraction of sp³-hybridized carbons (Fsp3) is 0.467. The Labute approximate surface area is 112 Å². The van der Waals surface area contributed by atoms with Crippen molar-refractivity contribution in [3.63, 3.8) is 0 Å². The Morgan fingerprint density at radius 3 is 3.00 bits per heavy atom. The number of methoxy groups -OCH3 is 1. The number of carbonyl (C=O) groups is 1. The Morgan fingerprint density at radius 1 is 1.42 bits per heavy atom. The van der Waals surface area contributed by atoms with Crippen LogP contribution in [0.5, 0.6) is 5.75 Å². The number of fused-ring (bicyclic) bond motifs is 2. The maximum Gasteiger partial charge on any atom is 0.271 e. The molecular weight excluding hydrogens is 240 g/mol. The van der Waals surface area contributed by atoms with Crippen molar-refractivity contribution in [2.45, 2.75) is 25.7 Å². The molecule has 19 heavy (non-hydrogen) atoms. The first-order valence-electron chi connectivity index (χ1n) is 6.77. The zero-order valence-corrected chi connectivity index (χ0v) is 11.1. The summed E-state index contributed by atoms with van der Waals surface area (Å²) < 4.78 is 5.11. The van der Waals surface area contributed by atoms with Crippen LogP contribution < -0.4 is 10.2 Å². The maximum atomic E-state index is 12.0. The second kappa shape index (κ2) is 5.03. The lowest BCUT2D eigenvalue weighted by Crippen LogP contribution is -2.21. The summed E-state index contributed by atoms with van der Waals surface area (Å²) in [5.74, 6) is 1.92. The monoisotopic (exact) mass is 258 g/mol. The number of rotatable bonds is 3. The number of carbonyl (C=O) groups excluding carboxylic acids is 1. The number of amides is 1. The van der Waals surface area contributed by atoms with Crippen molar-refractivity contribution in [3.8, 4) is 5.75 Å². The van der Waals surface area contributed by atoms with E-state index in [0.29, 0.717) is 17.2 Å². The van der Waals surface area contributed by atoms with E-state index in [-0.39, 0.29) is 5.91 Å². The Bertz CT molecular complexity index is 525. The van der Waals surface area contributed by atoms with Crippen molar-refractivity contribution < 1.29 is 9.53 Å². The Balaban J connectivity index is 1.66. The van der Waals surface area contributed by atoms with Crippen LogP contribution in [-0.4, -0.2) is 18.7 Å². The van der Waals surface area contributed by atoms with Crippen molar-refractivity contribution in [3.05, 3.63) is 29.8 Å². The summed E-state index contributed by atoms with van der Waals surface area (Å²) in [4.78, 5) is 12.0. The zero-order valence-electron chi connectivity index (χ0n) is 11.1. The summed E-state index contributed by atoms with van der Waals surface area (Å²) in [7, 11) is 1.59. The molecular formula is C15H18N2O2. The van der Waals surface area contributed by atoms with Crippen LogP contribution >= 0.6 is 0 Å². The maximum absolute atomic E-state index is 12.0. The van der Waals surface area contributed by atoms with Gasteiger partial charge < -0.3 is 4.74 Å². The molecule has 0 spiro atoms. The van der Waals surface area contributed by atoms with Crippen molar-refractivity contribution in [1.29, 1.82) is 0 Å². The predicted molar refractivity (Wildman–Crippen MR) is 73.3 cm³/mol. The van der Waals surface area contributed by atoms with Gasteiger partial charge in [-0.05, 0) is 55.7 Å². The van der Waals surface area contributed by atoms with E-state index in [9.17, 15) is 4.79 Å². The van der Waals surface area contributed by atoms with Crippen LogP contribution in [0.2, 0.25) is 0 Å². The van der Waals surface area contributed by atoms with E-state index in [1.807, 2.05) is 6.07 Å². The predicted octanol–water partition coefficient (Wildman–Crippen LogP) is 2.60. The fourth-order valence-electron chi connectivity index (χ4n) is 3.11. The lowest BCUT2D eigenvalue weighted by atomic mass is 9.99. The van der Waals surface area contributed by atoms with Gasteiger partial charge in [-0.2, -0.15) is 5.10 Å². The summed E-state index contributed by atoms with van der Waals surface area (Å²) in [6, 6.07) is 7.10. The summed E-state index contributed by atoms with van der Waals surface area (Å²) >= 11 is 0. The van der Waals surface area contributed by atoms with Gasteiger partial charge in [-0.1, -0.05) is 6.07 Å². The number of nitrogens with one attached hydrogen (secondary N) is 1. The molecule has 1 aromatic carbocycles. The zero-order chi connectivity index (χ0) is 13.2. The molecule has 4 heteroatoms. The quantitative estimate of drug-likeness (QED) is 0.847. The molecule has 3 rings (SSSR count). The number of hydrazone groups is 1. The molecule has 2 fully saturated rings. The van der Waals surface area contributed by atoms with Gasteiger partial charge in [0, 0.05) is 11.3 Å². The molecule has 2 aliphatic carbocycles. The molecule has 0 aliphatic heterocycles. The summed E-state index contributed by atoms with van der Waals surface area (Å²) in [6.07, 6.45) is 4.88. The number of hydrogen-bond donors (Lipinski definition) is 1. The minimum atomic E-state index is -0.172. The van der Waals surface area contributed by atoms with E-state index in [1.54, 1.807) is 25.3 Å². The molecule has 0 saturated heterocycles. The van der Waals surface area contributed by atoms with E-state index < -0.39 is 0 Å². The van der Waals surface area contributed by atoms with Crippen LogP contribution in [0, 0.1) is 11.8 Å². The van der Waals surface area contributed by atoms with E-state index in [1.165, 1.54) is 25.0 Å². The Kier molecular flexibility index (Phi) is 3.23. The van der Waals surface area contributed by atoms with E-state index in [0.717, 1.165) is 12.3 Å². The first kappa shape index (κ1) is 12.2. The molecule has 1 amide bonds. The summed E-state index contributed by atoms with van der Waals surface area (Å²) in [5.41, 5.74) is 4.42. The number of nitrogens with zero attached hydrogens (tertiary/aromatic N) is 1. The van der Waals surface area contributed by atoms with Crippen LogP contribution in [-0.2, 0) is 0 Å². The molecule has 2 atom stereocenters. The largest absolute Gasteiger partial charge is 0.497 e. The third-order valence-electron chi connectivity index (χ3n) is 4.14. The standard InChI is InChI=1S/C15H18N2O2/c1-19-13-4-2-3-12(9-13)15(18)17-16-14-8-10-5-6-11(14)7-10/h2-4,9-11H,5-8H2,1H3,(H,17,18)/b16-14+/t10-,11+/m1/s1. The molecule has 4 nitrogen and oxygen atoms in total. The van der Waals surface area contributed by atoms with Gasteiger partial charge in [0.05, 0.1) is 7.11 Å². The first-order chi connectivity index (χ1) is 9.26. The molecule has 0 heterocycles. The van der Waals surface area contributed by atoms with E-state index in [4.69, 9.17) is 4.74 Å². The molecule has 1 N–H and O–H groups in total. The smallest absolute Gasteiger partial charge is 0.271 e. The van der Waals surface area contributed by atoms with Gasteiger partial charge in [0.15, 0.2) is 0 Å². The third-order valence-corrected chi connectivity index (χ3v) is 4.14. The van der Waals surface area contributed by atoms with Crippen molar-refractivity contribution >= 4 is 11.6 Å². The lowest BCUT2D eigenvalue weighted by molar-refractivity contribution is 0.0954. The first-order valence-corrected chi connectivity index (χ1v) is 6.77. The van der Waals surface area contributed by atoms with Gasteiger partial charge in [-0.15, -0.1) is 0 Å². The number of benzene rings is 1. The molecule has 2 saturated carbocycles. The van der Waals surface area contributed by atoms with Crippen LogP contribution in [0.4, 0.5) is 0 Å².